The van der Waals surface area contributed by atoms with Crippen LogP contribution in [0, 0.1) is 0 Å². The summed E-state index contributed by atoms with van der Waals surface area (Å²) in [7, 11) is 2.29. The van der Waals surface area contributed by atoms with Gasteiger partial charge in [0, 0.05) is 19.6 Å². The van der Waals surface area contributed by atoms with E-state index in [-0.39, 0.29) is 6.54 Å². The van der Waals surface area contributed by atoms with Crippen molar-refractivity contribution in [1.82, 2.24) is 14.9 Å². The third-order valence-corrected chi connectivity index (χ3v) is 3.46. The van der Waals surface area contributed by atoms with Crippen molar-refractivity contribution in [2.45, 2.75) is 52.4 Å². The summed E-state index contributed by atoms with van der Waals surface area (Å²) in [5.41, 5.74) is -0.677. The molecule has 1 rings (SSSR count). The van der Waals surface area contributed by atoms with Gasteiger partial charge in [-0.15, -0.1) is 0 Å². The molecule has 0 radical (unpaired) electrons. The van der Waals surface area contributed by atoms with Crippen molar-refractivity contribution < 1.29 is 27.5 Å². The molecule has 1 N–H and O–H groups in total. The molecule has 2 atom stereocenters. The van der Waals surface area contributed by atoms with Gasteiger partial charge in [-0.3, -0.25) is 9.46 Å². The van der Waals surface area contributed by atoms with Gasteiger partial charge in [-0.05, 0) is 20.8 Å². The maximum Gasteiger partial charge on any atom is 0.410 e. The van der Waals surface area contributed by atoms with Gasteiger partial charge in [0.1, 0.15) is 18.2 Å². The molecule has 1 fully saturated rings. The minimum absolute atomic E-state index is 0.0257. The van der Waals surface area contributed by atoms with E-state index in [1.807, 2.05) is 19.2 Å². The third-order valence-electron chi connectivity index (χ3n) is 2.84. The van der Waals surface area contributed by atoms with Crippen molar-refractivity contribution >= 4 is 21.4 Å². The minimum atomic E-state index is -4.47. The maximum atomic E-state index is 12.2. The van der Waals surface area contributed by atoms with Gasteiger partial charge in [0.15, 0.2) is 0 Å². The number of halogens is 3. The molecule has 6 nitrogen and oxygen atoms in total. The molecule has 1 aliphatic heterocycles. The van der Waals surface area contributed by atoms with Gasteiger partial charge in [-0.25, -0.2) is 4.79 Å². The van der Waals surface area contributed by atoms with Crippen LogP contribution in [0.15, 0.2) is 0 Å². The molecule has 0 aliphatic carbocycles. The van der Waals surface area contributed by atoms with Gasteiger partial charge >= 0.3 is 12.3 Å². The van der Waals surface area contributed by atoms with Crippen LogP contribution in [-0.4, -0.2) is 65.6 Å². The van der Waals surface area contributed by atoms with E-state index < -0.39 is 36.4 Å². The Bertz CT molecular complexity index is 428. The smallest absolute Gasteiger partial charge is 0.410 e. The lowest BCUT2D eigenvalue weighted by atomic mass is 10.2. The van der Waals surface area contributed by atoms with Crippen molar-refractivity contribution in [2.75, 3.05) is 26.2 Å². The van der Waals surface area contributed by atoms with Crippen LogP contribution in [0.4, 0.5) is 18.0 Å². The minimum Gasteiger partial charge on any atom is -0.444 e. The van der Waals surface area contributed by atoms with Crippen molar-refractivity contribution in [2.24, 2.45) is 0 Å². The largest absolute Gasteiger partial charge is 0.444 e. The van der Waals surface area contributed by atoms with E-state index >= 15 is 0 Å². The normalized spacial score (nSPS) is 19.2. The maximum absolute atomic E-state index is 12.2. The second kappa shape index (κ2) is 9.42. The Labute approximate surface area is 143 Å². The van der Waals surface area contributed by atoms with E-state index in [0.29, 0.717) is 13.1 Å². The number of hydrogen-bond donors (Lipinski definition) is 1. The molecule has 0 saturated carbocycles. The second-order valence-corrected chi connectivity index (χ2v) is 6.68. The summed E-state index contributed by atoms with van der Waals surface area (Å²) in [6, 6.07) is -0.867. The Morgan fingerprint density at radius 3 is 2.21 bits per heavy atom. The SMILES string of the molecule is CC.CC(C)(C)OC(=O)N1CCN(P)C(C(=O)NCC(F)(F)F)C1. The number of ether oxygens (including phenoxy) is 1. The number of piperazine rings is 1. The van der Waals surface area contributed by atoms with Crippen LogP contribution in [0.5, 0.6) is 0 Å². The van der Waals surface area contributed by atoms with Crippen LogP contribution >= 0.6 is 9.39 Å². The van der Waals surface area contributed by atoms with Gasteiger partial charge in [0.25, 0.3) is 0 Å². The summed E-state index contributed by atoms with van der Waals surface area (Å²) in [6.45, 7) is 8.39. The third kappa shape index (κ3) is 8.68. The zero-order chi connectivity index (χ0) is 19.1. The van der Waals surface area contributed by atoms with Crippen molar-refractivity contribution in [3.05, 3.63) is 0 Å². The van der Waals surface area contributed by atoms with Gasteiger partial charge < -0.3 is 15.0 Å². The molecule has 0 aromatic heterocycles. The zero-order valence-corrected chi connectivity index (χ0v) is 15.9. The highest BCUT2D eigenvalue weighted by Gasteiger charge is 2.36. The van der Waals surface area contributed by atoms with Gasteiger partial charge in [0.2, 0.25) is 5.91 Å². The highest BCUT2D eigenvalue weighted by molar-refractivity contribution is 7.13. The first kappa shape index (κ1) is 22.9. The van der Waals surface area contributed by atoms with Crippen LogP contribution in [0.2, 0.25) is 0 Å². The monoisotopic (exact) mass is 373 g/mol. The van der Waals surface area contributed by atoms with E-state index in [0.717, 1.165) is 0 Å². The van der Waals surface area contributed by atoms with E-state index in [9.17, 15) is 22.8 Å². The predicted octanol–water partition coefficient (Wildman–Crippen LogP) is 2.40. The summed E-state index contributed by atoms with van der Waals surface area (Å²) in [4.78, 5) is 25.2. The van der Waals surface area contributed by atoms with Gasteiger partial charge in [-0.2, -0.15) is 13.2 Å². The molecule has 1 heterocycles. The molecule has 2 amide bonds. The van der Waals surface area contributed by atoms with Crippen LogP contribution in [0.3, 0.4) is 0 Å². The Morgan fingerprint density at radius 2 is 1.75 bits per heavy atom. The van der Waals surface area contributed by atoms with Crippen molar-refractivity contribution in [1.29, 1.82) is 0 Å². The lowest BCUT2D eigenvalue weighted by Crippen LogP contribution is -2.58. The molecule has 10 heteroatoms. The fourth-order valence-corrected chi connectivity index (χ4v) is 2.17. The Balaban J connectivity index is 0.00000254. The number of alkyl halides is 3. The predicted molar refractivity (Wildman–Crippen MR) is 88.4 cm³/mol. The molecular weight excluding hydrogens is 346 g/mol. The quantitative estimate of drug-likeness (QED) is 0.755. The number of carbonyl (C=O) groups is 2. The number of amides is 2. The molecule has 0 bridgehead atoms. The molecule has 142 valence electrons. The molecule has 24 heavy (non-hydrogen) atoms. The van der Waals surface area contributed by atoms with E-state index in [2.05, 4.69) is 9.39 Å². The number of carbonyl (C=O) groups excluding carboxylic acids is 2. The highest BCUT2D eigenvalue weighted by atomic mass is 31.0. The van der Waals surface area contributed by atoms with E-state index in [1.165, 1.54) is 9.57 Å². The summed E-state index contributed by atoms with van der Waals surface area (Å²) >= 11 is 0. The van der Waals surface area contributed by atoms with Crippen molar-refractivity contribution in [3.63, 3.8) is 0 Å². The molecular formula is C14H27F3N3O3P. The fourth-order valence-electron chi connectivity index (χ4n) is 1.83. The molecule has 0 aromatic rings. The Hall–Kier alpha value is -1.08. The second-order valence-electron chi connectivity index (χ2n) is 6.01. The lowest BCUT2D eigenvalue weighted by Gasteiger charge is -2.38. The van der Waals surface area contributed by atoms with Crippen molar-refractivity contribution in [3.8, 4) is 0 Å². The van der Waals surface area contributed by atoms with E-state index in [1.54, 1.807) is 20.8 Å². The zero-order valence-electron chi connectivity index (χ0n) is 14.7. The first-order valence-electron chi connectivity index (χ1n) is 7.73. The highest BCUT2D eigenvalue weighted by Crippen LogP contribution is 2.18. The average Bonchev–Trinajstić information content (AvgIpc) is 2.44. The summed E-state index contributed by atoms with van der Waals surface area (Å²) < 4.78 is 43.2. The van der Waals surface area contributed by atoms with E-state index in [4.69, 9.17) is 4.74 Å². The summed E-state index contributed by atoms with van der Waals surface area (Å²) in [5.74, 6) is -0.777. The first-order chi connectivity index (χ1) is 10.9. The van der Waals surface area contributed by atoms with Crippen LogP contribution in [-0.2, 0) is 9.53 Å². The number of nitrogens with one attached hydrogen (secondary N) is 1. The first-order valence-corrected chi connectivity index (χ1v) is 8.24. The Morgan fingerprint density at radius 1 is 1.21 bits per heavy atom. The fraction of sp³-hybridized carbons (Fsp3) is 0.857. The number of nitrogens with zero attached hydrogens (tertiary/aromatic N) is 2. The topological polar surface area (TPSA) is 61.9 Å². The lowest BCUT2D eigenvalue weighted by molar-refractivity contribution is -0.141. The average molecular weight is 373 g/mol. The van der Waals surface area contributed by atoms with Gasteiger partial charge in [-0.1, -0.05) is 23.2 Å². The number of hydrogen-bond acceptors (Lipinski definition) is 4. The molecule has 1 aliphatic rings. The molecule has 0 spiro atoms. The van der Waals surface area contributed by atoms with Gasteiger partial charge in [0.05, 0.1) is 0 Å². The Kier molecular flexibility index (Phi) is 8.99. The summed E-state index contributed by atoms with van der Waals surface area (Å²) in [5, 5.41) is 1.83. The van der Waals surface area contributed by atoms with Crippen LogP contribution < -0.4 is 5.32 Å². The number of rotatable bonds is 2. The molecule has 2 unspecified atom stereocenters. The van der Waals surface area contributed by atoms with Crippen LogP contribution in [0.25, 0.3) is 0 Å². The standard InChI is InChI=1S/C12H21F3N3O3P.C2H6/c1-11(2,3)21-10(20)17-4-5-18(22)8(6-17)9(19)16-7-12(13,14)15;1-2/h8H,4-7,22H2,1-3H3,(H,16,19);1-2H3. The molecule has 1 saturated heterocycles. The summed E-state index contributed by atoms with van der Waals surface area (Å²) in [6.07, 6.45) is -5.06. The molecule has 0 aromatic carbocycles. The van der Waals surface area contributed by atoms with Crippen LogP contribution in [0.1, 0.15) is 34.6 Å².